The lowest BCUT2D eigenvalue weighted by molar-refractivity contribution is 0.930. The predicted molar refractivity (Wildman–Crippen MR) is 93.8 cm³/mol. The van der Waals surface area contributed by atoms with Crippen LogP contribution in [-0.4, -0.2) is 9.97 Å². The minimum atomic E-state index is -0.0925. The fourth-order valence-corrected chi connectivity index (χ4v) is 3.21. The molecule has 1 N–H and O–H groups in total. The van der Waals surface area contributed by atoms with E-state index in [2.05, 4.69) is 41.2 Å². The number of aromatic amines is 1. The van der Waals surface area contributed by atoms with Crippen molar-refractivity contribution in [1.29, 1.82) is 0 Å². The molecule has 2 aromatic carbocycles. The summed E-state index contributed by atoms with van der Waals surface area (Å²) in [7, 11) is 0. The number of aromatic nitrogens is 2. The molecule has 0 spiro atoms. The van der Waals surface area contributed by atoms with Gasteiger partial charge in [0.1, 0.15) is 5.65 Å². The van der Waals surface area contributed by atoms with Crippen LogP contribution in [0.25, 0.3) is 21.8 Å². The molecule has 0 aliphatic heterocycles. The van der Waals surface area contributed by atoms with Gasteiger partial charge < -0.3 is 4.98 Å². The molecule has 0 bridgehead atoms. The van der Waals surface area contributed by atoms with E-state index >= 15 is 0 Å². The largest absolute Gasteiger partial charge is 0.306 e. The van der Waals surface area contributed by atoms with Gasteiger partial charge in [-0.15, -0.1) is 0 Å². The van der Waals surface area contributed by atoms with Crippen molar-refractivity contribution in [3.8, 4) is 0 Å². The Bertz CT molecular complexity index is 1050. The highest BCUT2D eigenvalue weighted by molar-refractivity contribution is 6.06. The third-order valence-electron chi connectivity index (χ3n) is 4.42. The first kappa shape index (κ1) is 13.7. The molecule has 0 radical (unpaired) electrons. The van der Waals surface area contributed by atoms with Crippen molar-refractivity contribution in [1.82, 2.24) is 9.97 Å². The smallest absolute Gasteiger partial charge is 0.257 e. The minimum absolute atomic E-state index is 0.0925. The van der Waals surface area contributed by atoms with E-state index in [0.717, 1.165) is 10.8 Å². The lowest BCUT2D eigenvalue weighted by atomic mass is 9.90. The van der Waals surface area contributed by atoms with E-state index in [1.807, 2.05) is 36.4 Å². The summed E-state index contributed by atoms with van der Waals surface area (Å²) in [5.41, 5.74) is 2.98. The number of hydrogen-bond donors (Lipinski definition) is 1. The molecule has 1 unspecified atom stereocenters. The molecule has 23 heavy (non-hydrogen) atoms. The highest BCUT2D eigenvalue weighted by Crippen LogP contribution is 2.32. The van der Waals surface area contributed by atoms with Gasteiger partial charge in [0, 0.05) is 22.9 Å². The second-order valence-corrected chi connectivity index (χ2v) is 5.76. The summed E-state index contributed by atoms with van der Waals surface area (Å²) in [5.74, 6) is 0.219. The van der Waals surface area contributed by atoms with E-state index in [1.54, 1.807) is 6.20 Å². The highest BCUT2D eigenvalue weighted by Gasteiger charge is 2.15. The molecule has 3 heteroatoms. The predicted octanol–water partition coefficient (Wildman–Crippen LogP) is 4.23. The summed E-state index contributed by atoms with van der Waals surface area (Å²) in [4.78, 5) is 19.5. The molecule has 1 atom stereocenters. The van der Waals surface area contributed by atoms with Crippen LogP contribution < -0.4 is 5.56 Å². The average Bonchev–Trinajstić information content (AvgIpc) is 2.61. The van der Waals surface area contributed by atoms with Crippen LogP contribution >= 0.6 is 0 Å². The third kappa shape index (κ3) is 2.21. The van der Waals surface area contributed by atoms with Crippen LogP contribution in [0.15, 0.2) is 71.7 Å². The average molecular weight is 300 g/mol. The molecule has 0 fully saturated rings. The summed E-state index contributed by atoms with van der Waals surface area (Å²) in [5, 5.41) is 2.69. The zero-order chi connectivity index (χ0) is 15.8. The molecular weight excluding hydrogens is 284 g/mol. The number of nitrogens with zero attached hydrogens (tertiary/aromatic N) is 1. The van der Waals surface area contributed by atoms with Crippen LogP contribution in [0.5, 0.6) is 0 Å². The summed E-state index contributed by atoms with van der Waals surface area (Å²) >= 11 is 0. The molecule has 0 amide bonds. The Labute approximate surface area is 133 Å². The van der Waals surface area contributed by atoms with Crippen LogP contribution in [-0.2, 0) is 0 Å². The molecule has 4 aromatic rings. The van der Waals surface area contributed by atoms with Crippen molar-refractivity contribution >= 4 is 21.8 Å². The first-order valence-electron chi connectivity index (χ1n) is 7.70. The highest BCUT2D eigenvalue weighted by atomic mass is 16.1. The van der Waals surface area contributed by atoms with Crippen molar-refractivity contribution in [2.75, 3.05) is 0 Å². The Kier molecular flexibility index (Phi) is 3.19. The SMILES string of the molecule is CC(c1ccccc1)c1ccnc2[nH]c(=O)c3ccccc3c12. The lowest BCUT2D eigenvalue weighted by Gasteiger charge is -2.16. The number of H-pyrrole nitrogens is 1. The van der Waals surface area contributed by atoms with Gasteiger partial charge in [-0.2, -0.15) is 0 Å². The molecule has 4 rings (SSSR count). The molecule has 112 valence electrons. The molecule has 0 saturated carbocycles. The Morgan fingerprint density at radius 3 is 2.39 bits per heavy atom. The quantitative estimate of drug-likeness (QED) is 0.563. The van der Waals surface area contributed by atoms with E-state index < -0.39 is 0 Å². The van der Waals surface area contributed by atoms with Gasteiger partial charge in [0.05, 0.1) is 0 Å². The second-order valence-electron chi connectivity index (χ2n) is 5.76. The molecule has 2 aromatic heterocycles. The molecular formula is C20H16N2O. The molecule has 0 aliphatic carbocycles. The van der Waals surface area contributed by atoms with Crippen LogP contribution in [0.3, 0.4) is 0 Å². The summed E-state index contributed by atoms with van der Waals surface area (Å²) in [6.45, 7) is 2.18. The number of benzene rings is 2. The van der Waals surface area contributed by atoms with Crippen molar-refractivity contribution in [2.24, 2.45) is 0 Å². The Morgan fingerprint density at radius 2 is 1.61 bits per heavy atom. The van der Waals surface area contributed by atoms with E-state index in [4.69, 9.17) is 0 Å². The van der Waals surface area contributed by atoms with Crippen molar-refractivity contribution in [3.63, 3.8) is 0 Å². The Balaban J connectivity index is 2.08. The van der Waals surface area contributed by atoms with Gasteiger partial charge in [0.25, 0.3) is 5.56 Å². The third-order valence-corrected chi connectivity index (χ3v) is 4.42. The van der Waals surface area contributed by atoms with Gasteiger partial charge in [0.15, 0.2) is 0 Å². The number of nitrogens with one attached hydrogen (secondary N) is 1. The standard InChI is InChI=1S/C20H16N2O/c1-13(14-7-3-2-4-8-14)15-11-12-21-19-18(15)16-9-5-6-10-17(16)20(23)22-19/h2-13H,1H3,(H,21,22,23). The number of pyridine rings is 2. The van der Waals surface area contributed by atoms with E-state index in [0.29, 0.717) is 11.0 Å². The van der Waals surface area contributed by atoms with Gasteiger partial charge in [0.2, 0.25) is 0 Å². The fourth-order valence-electron chi connectivity index (χ4n) is 3.21. The van der Waals surface area contributed by atoms with Crippen LogP contribution in [0, 0.1) is 0 Å². The van der Waals surface area contributed by atoms with Crippen molar-refractivity contribution in [3.05, 3.63) is 88.3 Å². The van der Waals surface area contributed by atoms with Gasteiger partial charge >= 0.3 is 0 Å². The van der Waals surface area contributed by atoms with Gasteiger partial charge in [-0.05, 0) is 28.6 Å². The summed E-state index contributed by atoms with van der Waals surface area (Å²) in [6, 6.07) is 20.1. The Hall–Kier alpha value is -2.94. The van der Waals surface area contributed by atoms with E-state index in [9.17, 15) is 4.79 Å². The van der Waals surface area contributed by atoms with E-state index in [1.165, 1.54) is 11.1 Å². The zero-order valence-electron chi connectivity index (χ0n) is 12.8. The normalized spacial score (nSPS) is 12.6. The van der Waals surface area contributed by atoms with Gasteiger partial charge in [-0.3, -0.25) is 4.79 Å². The number of hydrogen-bond acceptors (Lipinski definition) is 2. The maximum Gasteiger partial charge on any atom is 0.257 e. The van der Waals surface area contributed by atoms with Crippen LogP contribution in [0.2, 0.25) is 0 Å². The second kappa shape index (κ2) is 5.36. The van der Waals surface area contributed by atoms with Crippen LogP contribution in [0.1, 0.15) is 24.0 Å². The fraction of sp³-hybridized carbons (Fsp3) is 0.100. The van der Waals surface area contributed by atoms with Crippen LogP contribution in [0.4, 0.5) is 0 Å². The van der Waals surface area contributed by atoms with Gasteiger partial charge in [-0.1, -0.05) is 55.5 Å². The topological polar surface area (TPSA) is 45.8 Å². The maximum atomic E-state index is 12.2. The number of fused-ring (bicyclic) bond motifs is 3. The maximum absolute atomic E-state index is 12.2. The number of rotatable bonds is 2. The Morgan fingerprint density at radius 1 is 0.913 bits per heavy atom. The van der Waals surface area contributed by atoms with Crippen molar-refractivity contribution in [2.45, 2.75) is 12.8 Å². The lowest BCUT2D eigenvalue weighted by Crippen LogP contribution is -2.09. The minimum Gasteiger partial charge on any atom is -0.306 e. The first-order valence-corrected chi connectivity index (χ1v) is 7.70. The molecule has 0 aliphatic rings. The molecule has 0 saturated heterocycles. The summed E-state index contributed by atoms with van der Waals surface area (Å²) < 4.78 is 0. The summed E-state index contributed by atoms with van der Waals surface area (Å²) in [6.07, 6.45) is 1.77. The van der Waals surface area contributed by atoms with Crippen molar-refractivity contribution < 1.29 is 0 Å². The molecule has 2 heterocycles. The monoisotopic (exact) mass is 300 g/mol. The van der Waals surface area contributed by atoms with Gasteiger partial charge in [-0.25, -0.2) is 4.98 Å². The van der Waals surface area contributed by atoms with E-state index in [-0.39, 0.29) is 11.5 Å². The molecule has 3 nitrogen and oxygen atoms in total. The first-order chi connectivity index (χ1) is 11.3. The zero-order valence-corrected chi connectivity index (χ0v) is 12.8.